The molecule has 0 radical (unpaired) electrons. The molecule has 1 fully saturated rings. The maximum absolute atomic E-state index is 13.4. The topological polar surface area (TPSA) is 175 Å². The van der Waals surface area contributed by atoms with Gasteiger partial charge in [-0.15, -0.1) is 0 Å². The molecule has 1 amide bonds. The third-order valence-electron chi connectivity index (χ3n) is 12.8. The zero-order valence-corrected chi connectivity index (χ0v) is 45.3. The second kappa shape index (κ2) is 48.5. The molecular formula is C61H103NO10. The predicted molar refractivity (Wildman–Crippen MR) is 296 cm³/mol. The van der Waals surface area contributed by atoms with Crippen LogP contribution in [-0.2, 0) is 23.8 Å². The van der Waals surface area contributed by atoms with E-state index in [2.05, 4.69) is 74.7 Å². The molecule has 11 heteroatoms. The molecule has 1 rings (SSSR count). The van der Waals surface area contributed by atoms with Crippen LogP contribution in [0, 0.1) is 0 Å². The lowest BCUT2D eigenvalue weighted by Crippen LogP contribution is -2.61. The normalized spacial score (nSPS) is 20.2. The maximum Gasteiger partial charge on any atom is 0.306 e. The SMILES string of the molecule is CC/C=C/C=C/C=C/C=C\CCCCCCCC(=O)OC1C(OCC(NC(=O)C(O)CCCCC/C=C\C/C=C\C/C=C\CCCCC)C(O)/C=C/CCCCCCCCCCCC)OC(CO)C(O)C1O. The van der Waals surface area contributed by atoms with E-state index in [0.29, 0.717) is 12.8 Å². The maximum atomic E-state index is 13.4. The monoisotopic (exact) mass is 1010 g/mol. The molecule has 0 aromatic rings. The highest BCUT2D eigenvalue weighted by atomic mass is 16.7. The molecule has 6 N–H and O–H groups in total. The van der Waals surface area contributed by atoms with Gasteiger partial charge in [0.15, 0.2) is 12.4 Å². The van der Waals surface area contributed by atoms with Crippen molar-refractivity contribution in [3.63, 3.8) is 0 Å². The van der Waals surface area contributed by atoms with E-state index in [1.807, 2.05) is 42.5 Å². The first kappa shape index (κ1) is 66.6. The van der Waals surface area contributed by atoms with E-state index in [1.165, 1.54) is 64.2 Å². The number of rotatable bonds is 46. The number of ether oxygens (including phenoxy) is 3. The molecule has 72 heavy (non-hydrogen) atoms. The molecule has 1 aliphatic heterocycles. The number of unbranched alkanes of at least 4 members (excludes halogenated alkanes) is 21. The average Bonchev–Trinajstić information content (AvgIpc) is 3.38. The summed E-state index contributed by atoms with van der Waals surface area (Å²) < 4.78 is 17.5. The molecule has 0 aromatic heterocycles. The number of hydrogen-bond donors (Lipinski definition) is 6. The molecule has 0 saturated carbocycles. The van der Waals surface area contributed by atoms with Gasteiger partial charge in [0, 0.05) is 6.42 Å². The third-order valence-corrected chi connectivity index (χ3v) is 12.8. The van der Waals surface area contributed by atoms with Gasteiger partial charge in [0.2, 0.25) is 5.91 Å². The van der Waals surface area contributed by atoms with Gasteiger partial charge in [0.1, 0.15) is 24.4 Å². The molecule has 0 aliphatic carbocycles. The Bertz CT molecular complexity index is 1530. The standard InChI is InChI=1S/C61H103NO10/c1-4-7-10-13-16-19-22-25-27-29-30-33-36-39-42-45-48-54(65)60(69)62-52(53(64)47-44-41-38-35-32-24-21-18-15-12-9-6-3)51-70-61-59(58(68)57(67)55(50-63)71-61)72-56(66)49-46-43-40-37-34-31-28-26-23-20-17-14-11-8-5-2/h8,11,14,16-17,19-20,23,25-28,30,33,44,47,52-55,57-59,61,63-65,67-68H,4-7,9-10,12-13,15,18,21-22,24,29,31-32,34-43,45-46,48-51H2,1-3H3,(H,62,69)/b11-8+,17-14+,19-16-,23-20+,27-25-,28-26-,33-30-,47-44+. The van der Waals surface area contributed by atoms with Crippen molar-refractivity contribution in [1.82, 2.24) is 5.32 Å². The zero-order chi connectivity index (χ0) is 52.5. The van der Waals surface area contributed by atoms with Gasteiger partial charge < -0.3 is 45.1 Å². The summed E-state index contributed by atoms with van der Waals surface area (Å²) in [6.45, 7) is 5.56. The second-order valence-corrected chi connectivity index (χ2v) is 19.4. The number of nitrogens with one attached hydrogen (secondary N) is 1. The molecule has 11 nitrogen and oxygen atoms in total. The molecule has 1 heterocycles. The molecule has 0 bridgehead atoms. The Morgan fingerprint density at radius 3 is 1.65 bits per heavy atom. The van der Waals surface area contributed by atoms with Crippen LogP contribution in [0.15, 0.2) is 97.2 Å². The van der Waals surface area contributed by atoms with E-state index in [1.54, 1.807) is 6.08 Å². The van der Waals surface area contributed by atoms with E-state index in [-0.39, 0.29) is 19.4 Å². The van der Waals surface area contributed by atoms with Crippen LogP contribution in [0.2, 0.25) is 0 Å². The van der Waals surface area contributed by atoms with Crippen molar-refractivity contribution in [2.24, 2.45) is 0 Å². The van der Waals surface area contributed by atoms with Gasteiger partial charge in [0.25, 0.3) is 0 Å². The highest BCUT2D eigenvalue weighted by Gasteiger charge is 2.47. The lowest BCUT2D eigenvalue weighted by atomic mass is 9.99. The minimum Gasteiger partial charge on any atom is -0.454 e. The molecule has 1 aliphatic rings. The largest absolute Gasteiger partial charge is 0.454 e. The molecule has 412 valence electrons. The summed E-state index contributed by atoms with van der Waals surface area (Å²) in [5.41, 5.74) is 0. The zero-order valence-electron chi connectivity index (χ0n) is 45.3. The van der Waals surface area contributed by atoms with Gasteiger partial charge in [-0.1, -0.05) is 221 Å². The fraction of sp³-hybridized carbons (Fsp3) is 0.705. The van der Waals surface area contributed by atoms with Crippen LogP contribution in [-0.4, -0.2) is 99.6 Å². The Morgan fingerprint density at radius 1 is 0.569 bits per heavy atom. The van der Waals surface area contributed by atoms with E-state index in [4.69, 9.17) is 14.2 Å². The lowest BCUT2D eigenvalue weighted by molar-refractivity contribution is -0.305. The van der Waals surface area contributed by atoms with Crippen molar-refractivity contribution in [3.8, 4) is 0 Å². The number of allylic oxidation sites excluding steroid dienone is 15. The van der Waals surface area contributed by atoms with Crippen LogP contribution in [0.5, 0.6) is 0 Å². The first-order valence-corrected chi connectivity index (χ1v) is 28.6. The number of esters is 1. The molecule has 8 atom stereocenters. The fourth-order valence-corrected chi connectivity index (χ4v) is 8.25. The van der Waals surface area contributed by atoms with E-state index in [0.717, 1.165) is 103 Å². The fourth-order valence-electron chi connectivity index (χ4n) is 8.25. The highest BCUT2D eigenvalue weighted by Crippen LogP contribution is 2.26. The third kappa shape index (κ3) is 36.5. The Hall–Kier alpha value is -3.42. The predicted octanol–water partition coefficient (Wildman–Crippen LogP) is 12.8. The summed E-state index contributed by atoms with van der Waals surface area (Å²) in [7, 11) is 0. The first-order chi connectivity index (χ1) is 35.2. The Kier molecular flexibility index (Phi) is 44.9. The minimum atomic E-state index is -1.63. The minimum absolute atomic E-state index is 0.0894. The van der Waals surface area contributed by atoms with Crippen molar-refractivity contribution in [3.05, 3.63) is 97.2 Å². The lowest BCUT2D eigenvalue weighted by Gasteiger charge is -2.41. The van der Waals surface area contributed by atoms with Crippen LogP contribution in [0.4, 0.5) is 0 Å². The van der Waals surface area contributed by atoms with E-state index in [9.17, 15) is 35.1 Å². The Morgan fingerprint density at radius 2 is 1.06 bits per heavy atom. The van der Waals surface area contributed by atoms with Gasteiger partial charge in [-0.3, -0.25) is 9.59 Å². The van der Waals surface area contributed by atoms with Crippen LogP contribution in [0.1, 0.15) is 213 Å². The molecule has 0 spiro atoms. The summed E-state index contributed by atoms with van der Waals surface area (Å²) in [5.74, 6) is -1.25. The number of aliphatic hydroxyl groups excluding tert-OH is 5. The summed E-state index contributed by atoms with van der Waals surface area (Å²) in [5, 5.41) is 56.8. The first-order valence-electron chi connectivity index (χ1n) is 28.6. The summed E-state index contributed by atoms with van der Waals surface area (Å²) in [4.78, 5) is 26.4. The average molecular weight is 1010 g/mol. The Labute approximate surface area is 437 Å². The molecule has 8 unspecified atom stereocenters. The van der Waals surface area contributed by atoms with Gasteiger partial charge in [0.05, 0.1) is 25.4 Å². The number of aliphatic hydroxyl groups is 5. The number of carbonyl (C=O) groups excluding carboxylic acids is 2. The summed E-state index contributed by atoms with van der Waals surface area (Å²) >= 11 is 0. The second-order valence-electron chi connectivity index (χ2n) is 19.4. The van der Waals surface area contributed by atoms with Crippen molar-refractivity contribution >= 4 is 11.9 Å². The van der Waals surface area contributed by atoms with Crippen LogP contribution in [0.25, 0.3) is 0 Å². The van der Waals surface area contributed by atoms with Crippen molar-refractivity contribution in [1.29, 1.82) is 0 Å². The van der Waals surface area contributed by atoms with Gasteiger partial charge in [-0.25, -0.2) is 0 Å². The van der Waals surface area contributed by atoms with E-state index < -0.39 is 67.4 Å². The smallest absolute Gasteiger partial charge is 0.306 e. The van der Waals surface area contributed by atoms with Gasteiger partial charge >= 0.3 is 5.97 Å². The number of amides is 1. The molecule has 0 aromatic carbocycles. The number of carbonyl (C=O) groups is 2. The van der Waals surface area contributed by atoms with Gasteiger partial charge in [-0.2, -0.15) is 0 Å². The summed E-state index contributed by atoms with van der Waals surface area (Å²) in [6.07, 6.45) is 53.0. The quantitative estimate of drug-likeness (QED) is 0.0149. The van der Waals surface area contributed by atoms with Crippen LogP contribution >= 0.6 is 0 Å². The van der Waals surface area contributed by atoms with Crippen molar-refractivity contribution in [2.45, 2.75) is 262 Å². The van der Waals surface area contributed by atoms with Gasteiger partial charge in [-0.05, 0) is 83.5 Å². The molecule has 1 saturated heterocycles. The summed E-state index contributed by atoms with van der Waals surface area (Å²) in [6, 6.07) is -1.05. The van der Waals surface area contributed by atoms with Crippen molar-refractivity contribution < 1.29 is 49.3 Å². The van der Waals surface area contributed by atoms with Crippen LogP contribution < -0.4 is 5.32 Å². The van der Waals surface area contributed by atoms with Crippen LogP contribution in [0.3, 0.4) is 0 Å². The number of hydrogen-bond acceptors (Lipinski definition) is 10. The molecular weight excluding hydrogens is 907 g/mol. The Balaban J connectivity index is 2.78. The van der Waals surface area contributed by atoms with E-state index >= 15 is 0 Å². The van der Waals surface area contributed by atoms with Crippen molar-refractivity contribution in [2.75, 3.05) is 13.2 Å². The highest BCUT2D eigenvalue weighted by molar-refractivity contribution is 5.80.